The van der Waals surface area contributed by atoms with Crippen LogP contribution in [0, 0.1) is 6.92 Å². The highest BCUT2D eigenvalue weighted by molar-refractivity contribution is 7.13. The molecule has 0 aliphatic heterocycles. The number of carbonyl (C=O) groups is 1. The molecule has 0 N–H and O–H groups in total. The summed E-state index contributed by atoms with van der Waals surface area (Å²) in [4.78, 5) is 15.5. The summed E-state index contributed by atoms with van der Waals surface area (Å²) in [6, 6.07) is 11.9. The lowest BCUT2D eigenvalue weighted by Gasteiger charge is -2.17. The summed E-state index contributed by atoms with van der Waals surface area (Å²) in [5, 5.41) is 6.27. The first-order valence-corrected chi connectivity index (χ1v) is 8.90. The van der Waals surface area contributed by atoms with Gasteiger partial charge in [0.1, 0.15) is 0 Å². The van der Waals surface area contributed by atoms with Crippen molar-refractivity contribution in [3.63, 3.8) is 0 Å². The third-order valence-corrected chi connectivity index (χ3v) is 5.11. The van der Waals surface area contributed by atoms with Gasteiger partial charge in [0.25, 0.3) is 5.91 Å². The molecule has 4 nitrogen and oxygen atoms in total. The number of rotatable bonds is 6. The van der Waals surface area contributed by atoms with E-state index in [1.165, 1.54) is 16.0 Å². The highest BCUT2D eigenvalue weighted by atomic mass is 32.1. The van der Waals surface area contributed by atoms with Gasteiger partial charge in [-0.25, -0.2) is 0 Å². The lowest BCUT2D eigenvalue weighted by molar-refractivity contribution is 0.0791. The maximum Gasteiger partial charge on any atom is 0.253 e. The Kier molecular flexibility index (Phi) is 5.11. The Morgan fingerprint density at radius 3 is 2.67 bits per heavy atom. The molecule has 0 radical (unpaired) electrons. The second-order valence-corrected chi connectivity index (χ2v) is 6.78. The molecule has 0 unspecified atom stereocenters. The quantitative estimate of drug-likeness (QED) is 0.678. The number of carbonyl (C=O) groups excluding carboxylic acids is 1. The summed E-state index contributed by atoms with van der Waals surface area (Å²) in [5.74, 6) is 0.0601. The van der Waals surface area contributed by atoms with Crippen molar-refractivity contribution in [2.45, 2.75) is 19.9 Å². The average molecular weight is 339 g/mol. The van der Waals surface area contributed by atoms with E-state index >= 15 is 0 Å². The van der Waals surface area contributed by atoms with E-state index in [2.05, 4.69) is 23.5 Å². The van der Waals surface area contributed by atoms with Crippen molar-refractivity contribution in [3.05, 3.63) is 65.3 Å². The molecule has 2 aromatic heterocycles. The van der Waals surface area contributed by atoms with E-state index in [0.717, 1.165) is 18.5 Å². The first kappa shape index (κ1) is 16.5. The van der Waals surface area contributed by atoms with Crippen LogP contribution in [-0.2, 0) is 6.54 Å². The summed E-state index contributed by atoms with van der Waals surface area (Å²) < 4.78 is 1.89. The summed E-state index contributed by atoms with van der Waals surface area (Å²) in [7, 11) is 1.85. The predicted molar refractivity (Wildman–Crippen MR) is 98.3 cm³/mol. The smallest absolute Gasteiger partial charge is 0.253 e. The molecule has 0 aliphatic rings. The fourth-order valence-corrected chi connectivity index (χ4v) is 3.59. The standard InChI is InChI=1S/C19H21N3OS/c1-15-9-14-24-18(15)16-5-7-17(8-6-16)19(23)21(2)11-4-13-22-12-3-10-20-22/h3,5-10,12,14H,4,11,13H2,1-2H3. The van der Waals surface area contributed by atoms with Crippen LogP contribution >= 0.6 is 11.3 Å². The highest BCUT2D eigenvalue weighted by Gasteiger charge is 2.12. The van der Waals surface area contributed by atoms with Crippen LogP contribution in [-0.4, -0.2) is 34.2 Å². The van der Waals surface area contributed by atoms with E-state index in [1.54, 1.807) is 22.4 Å². The van der Waals surface area contributed by atoms with E-state index < -0.39 is 0 Å². The minimum Gasteiger partial charge on any atom is -0.342 e. The second kappa shape index (κ2) is 7.45. The first-order chi connectivity index (χ1) is 11.6. The van der Waals surface area contributed by atoms with E-state index in [4.69, 9.17) is 0 Å². The number of hydrogen-bond donors (Lipinski definition) is 0. The Bertz CT molecular complexity index is 790. The predicted octanol–water partition coefficient (Wildman–Crippen LogP) is 4.08. The van der Waals surface area contributed by atoms with Gasteiger partial charge in [-0.2, -0.15) is 5.10 Å². The number of thiophene rings is 1. The zero-order valence-corrected chi connectivity index (χ0v) is 14.8. The number of benzene rings is 1. The Balaban J connectivity index is 1.59. The topological polar surface area (TPSA) is 38.1 Å². The van der Waals surface area contributed by atoms with E-state index in [-0.39, 0.29) is 5.91 Å². The molecule has 0 fully saturated rings. The zero-order valence-electron chi connectivity index (χ0n) is 14.0. The monoisotopic (exact) mass is 339 g/mol. The first-order valence-electron chi connectivity index (χ1n) is 8.02. The number of aromatic nitrogens is 2. The van der Waals surface area contributed by atoms with Crippen LogP contribution < -0.4 is 0 Å². The maximum atomic E-state index is 12.5. The van der Waals surface area contributed by atoms with Gasteiger partial charge in [-0.05, 0) is 54.1 Å². The van der Waals surface area contributed by atoms with Crippen molar-refractivity contribution in [3.8, 4) is 10.4 Å². The van der Waals surface area contributed by atoms with Gasteiger partial charge in [0.15, 0.2) is 0 Å². The van der Waals surface area contributed by atoms with E-state index in [9.17, 15) is 4.79 Å². The lowest BCUT2D eigenvalue weighted by Crippen LogP contribution is -2.28. The van der Waals surface area contributed by atoms with Gasteiger partial charge in [0, 0.05) is 43.0 Å². The molecule has 1 aromatic carbocycles. The third-order valence-electron chi connectivity index (χ3n) is 4.04. The van der Waals surface area contributed by atoms with Gasteiger partial charge in [0.2, 0.25) is 0 Å². The van der Waals surface area contributed by atoms with Crippen molar-refractivity contribution in [1.29, 1.82) is 0 Å². The maximum absolute atomic E-state index is 12.5. The molecule has 5 heteroatoms. The molecule has 0 atom stereocenters. The molecule has 3 aromatic rings. The van der Waals surface area contributed by atoms with Gasteiger partial charge in [-0.15, -0.1) is 11.3 Å². The Labute approximate surface area is 146 Å². The molecule has 0 bridgehead atoms. The number of aryl methyl sites for hydroxylation is 2. The number of hydrogen-bond acceptors (Lipinski definition) is 3. The van der Waals surface area contributed by atoms with Crippen LogP contribution in [0.15, 0.2) is 54.2 Å². The normalized spacial score (nSPS) is 10.8. The molecule has 1 amide bonds. The molecule has 0 aliphatic carbocycles. The van der Waals surface area contributed by atoms with Crippen LogP contribution in [0.3, 0.4) is 0 Å². The zero-order chi connectivity index (χ0) is 16.9. The van der Waals surface area contributed by atoms with Crippen LogP contribution in [0.25, 0.3) is 10.4 Å². The van der Waals surface area contributed by atoms with Crippen molar-refractivity contribution in [1.82, 2.24) is 14.7 Å². The minimum atomic E-state index is 0.0601. The Hall–Kier alpha value is -2.40. The minimum absolute atomic E-state index is 0.0601. The average Bonchev–Trinajstić information content (AvgIpc) is 3.26. The number of amides is 1. The molecular formula is C19H21N3OS. The van der Waals surface area contributed by atoms with Gasteiger partial charge >= 0.3 is 0 Å². The van der Waals surface area contributed by atoms with Crippen molar-refractivity contribution in [2.24, 2.45) is 0 Å². The largest absolute Gasteiger partial charge is 0.342 e. The van der Waals surface area contributed by atoms with Gasteiger partial charge in [0.05, 0.1) is 0 Å². The van der Waals surface area contributed by atoms with Crippen molar-refractivity contribution >= 4 is 17.2 Å². The summed E-state index contributed by atoms with van der Waals surface area (Å²) in [5.41, 5.74) is 3.17. The summed E-state index contributed by atoms with van der Waals surface area (Å²) in [6.45, 7) is 3.64. The third kappa shape index (κ3) is 3.74. The van der Waals surface area contributed by atoms with E-state index in [0.29, 0.717) is 6.54 Å². The SMILES string of the molecule is Cc1ccsc1-c1ccc(C(=O)N(C)CCCn2cccn2)cc1. The van der Waals surface area contributed by atoms with Gasteiger partial charge in [-0.3, -0.25) is 9.48 Å². The molecule has 0 saturated heterocycles. The van der Waals surface area contributed by atoms with Crippen molar-refractivity contribution < 1.29 is 4.79 Å². The van der Waals surface area contributed by atoms with Gasteiger partial charge in [-0.1, -0.05) is 12.1 Å². The molecular weight excluding hydrogens is 318 g/mol. The van der Waals surface area contributed by atoms with E-state index in [1.807, 2.05) is 48.3 Å². The van der Waals surface area contributed by atoms with Gasteiger partial charge < -0.3 is 4.90 Å². The molecule has 124 valence electrons. The molecule has 0 spiro atoms. The fourth-order valence-electron chi connectivity index (χ4n) is 2.66. The van der Waals surface area contributed by atoms with Crippen LogP contribution in [0.4, 0.5) is 0 Å². The van der Waals surface area contributed by atoms with Crippen molar-refractivity contribution in [2.75, 3.05) is 13.6 Å². The highest BCUT2D eigenvalue weighted by Crippen LogP contribution is 2.29. The lowest BCUT2D eigenvalue weighted by atomic mass is 10.1. The van der Waals surface area contributed by atoms with Crippen LogP contribution in [0.2, 0.25) is 0 Å². The Morgan fingerprint density at radius 2 is 2.04 bits per heavy atom. The summed E-state index contributed by atoms with van der Waals surface area (Å²) >= 11 is 1.73. The molecule has 0 saturated carbocycles. The summed E-state index contributed by atoms with van der Waals surface area (Å²) in [6.07, 6.45) is 4.59. The second-order valence-electron chi connectivity index (χ2n) is 5.86. The van der Waals surface area contributed by atoms with Crippen LogP contribution in [0.5, 0.6) is 0 Å². The fraction of sp³-hybridized carbons (Fsp3) is 0.263. The molecule has 3 rings (SSSR count). The molecule has 24 heavy (non-hydrogen) atoms. The van der Waals surface area contributed by atoms with Crippen LogP contribution in [0.1, 0.15) is 22.3 Å². The Morgan fingerprint density at radius 1 is 1.25 bits per heavy atom. The number of nitrogens with zero attached hydrogens (tertiary/aromatic N) is 3. The molecule has 2 heterocycles.